The fraction of sp³-hybridized carbons (Fsp3) is 0.167. The summed E-state index contributed by atoms with van der Waals surface area (Å²) >= 11 is 7.35. The number of halogens is 2. The van der Waals surface area contributed by atoms with Gasteiger partial charge in [-0.2, -0.15) is 0 Å². The average molecular weight is 272 g/mol. The zero-order valence-corrected chi connectivity index (χ0v) is 10.7. The van der Waals surface area contributed by atoms with E-state index in [4.69, 9.17) is 16.3 Å². The summed E-state index contributed by atoms with van der Waals surface area (Å²) in [6.45, 7) is 0.659. The van der Waals surface area contributed by atoms with E-state index in [0.29, 0.717) is 6.54 Å². The lowest BCUT2D eigenvalue weighted by atomic mass is 10.3. The number of nitrogens with one attached hydrogen (secondary N) is 1. The van der Waals surface area contributed by atoms with Crippen LogP contribution in [0.25, 0.3) is 0 Å². The molecule has 1 N–H and O–H groups in total. The highest BCUT2D eigenvalue weighted by Gasteiger charge is 2.03. The molecule has 0 spiro atoms. The van der Waals surface area contributed by atoms with Gasteiger partial charge in [0.15, 0.2) is 11.6 Å². The molecule has 1 aromatic carbocycles. The largest absolute Gasteiger partial charge is 0.494 e. The van der Waals surface area contributed by atoms with Gasteiger partial charge in [-0.05, 0) is 24.3 Å². The molecule has 2 rings (SSSR count). The monoisotopic (exact) mass is 271 g/mol. The molecule has 0 saturated heterocycles. The van der Waals surface area contributed by atoms with Gasteiger partial charge in [0.1, 0.15) is 0 Å². The minimum atomic E-state index is -0.364. The molecule has 2 nitrogen and oxygen atoms in total. The van der Waals surface area contributed by atoms with E-state index in [1.165, 1.54) is 24.5 Å². The summed E-state index contributed by atoms with van der Waals surface area (Å²) in [5, 5.41) is 3.18. The second-order valence-electron chi connectivity index (χ2n) is 3.41. The van der Waals surface area contributed by atoms with Gasteiger partial charge in [-0.25, -0.2) is 4.39 Å². The van der Waals surface area contributed by atoms with E-state index in [-0.39, 0.29) is 11.6 Å². The second kappa shape index (κ2) is 5.38. The van der Waals surface area contributed by atoms with Gasteiger partial charge in [-0.1, -0.05) is 11.6 Å². The molecule has 0 bridgehead atoms. The van der Waals surface area contributed by atoms with Crippen LogP contribution in [-0.4, -0.2) is 7.11 Å². The molecule has 0 unspecified atom stereocenters. The maximum atomic E-state index is 13.2. The Labute approximate surface area is 108 Å². The second-order valence-corrected chi connectivity index (χ2v) is 5.21. The highest BCUT2D eigenvalue weighted by Crippen LogP contribution is 2.24. The maximum absolute atomic E-state index is 13.2. The van der Waals surface area contributed by atoms with E-state index in [2.05, 4.69) is 5.32 Å². The Balaban J connectivity index is 2.04. The third-order valence-electron chi connectivity index (χ3n) is 2.25. The van der Waals surface area contributed by atoms with E-state index in [1.807, 2.05) is 12.1 Å². The van der Waals surface area contributed by atoms with Gasteiger partial charge in [-0.15, -0.1) is 11.3 Å². The SMILES string of the molecule is COc1cc(NCc2ccc(Cl)s2)ccc1F. The van der Waals surface area contributed by atoms with Crippen LogP contribution in [0.4, 0.5) is 10.1 Å². The molecule has 0 atom stereocenters. The first kappa shape index (κ1) is 12.2. The third kappa shape index (κ3) is 3.11. The lowest BCUT2D eigenvalue weighted by molar-refractivity contribution is 0.387. The molecule has 0 saturated carbocycles. The summed E-state index contributed by atoms with van der Waals surface area (Å²) in [4.78, 5) is 1.12. The first-order valence-corrected chi connectivity index (χ1v) is 6.20. The number of benzene rings is 1. The highest BCUT2D eigenvalue weighted by molar-refractivity contribution is 7.16. The van der Waals surface area contributed by atoms with Crippen LogP contribution in [-0.2, 0) is 6.54 Å². The van der Waals surface area contributed by atoms with Crippen molar-refractivity contribution < 1.29 is 9.13 Å². The first-order valence-electron chi connectivity index (χ1n) is 5.00. The average Bonchev–Trinajstić information content (AvgIpc) is 2.74. The third-order valence-corrected chi connectivity index (χ3v) is 3.48. The van der Waals surface area contributed by atoms with Crippen molar-refractivity contribution >= 4 is 28.6 Å². The molecule has 0 radical (unpaired) electrons. The summed E-state index contributed by atoms with van der Waals surface area (Å²) in [7, 11) is 1.45. The number of hydrogen-bond acceptors (Lipinski definition) is 3. The van der Waals surface area contributed by atoms with Gasteiger partial charge in [0, 0.05) is 23.2 Å². The molecule has 0 aliphatic carbocycles. The van der Waals surface area contributed by atoms with Crippen LogP contribution in [0.3, 0.4) is 0 Å². The van der Waals surface area contributed by atoms with E-state index in [9.17, 15) is 4.39 Å². The van der Waals surface area contributed by atoms with E-state index < -0.39 is 0 Å². The molecular weight excluding hydrogens is 261 g/mol. The Morgan fingerprint density at radius 1 is 1.35 bits per heavy atom. The quantitative estimate of drug-likeness (QED) is 0.901. The Morgan fingerprint density at radius 2 is 2.18 bits per heavy atom. The van der Waals surface area contributed by atoms with Crippen molar-refractivity contribution in [2.45, 2.75) is 6.54 Å². The number of methoxy groups -OCH3 is 1. The molecule has 5 heteroatoms. The van der Waals surface area contributed by atoms with E-state index in [1.54, 1.807) is 12.1 Å². The van der Waals surface area contributed by atoms with E-state index >= 15 is 0 Å². The minimum Gasteiger partial charge on any atom is -0.494 e. The molecule has 90 valence electrons. The number of anilines is 1. The molecular formula is C12H11ClFNOS. The molecule has 2 aromatic rings. The van der Waals surface area contributed by atoms with Gasteiger partial charge in [-0.3, -0.25) is 0 Å². The summed E-state index contributed by atoms with van der Waals surface area (Å²) in [6.07, 6.45) is 0. The molecule has 0 fully saturated rings. The molecule has 0 aliphatic heterocycles. The standard InChI is InChI=1S/C12H11ClFNOS/c1-16-11-6-8(2-4-10(11)14)15-7-9-3-5-12(13)17-9/h2-6,15H,7H2,1H3. The smallest absolute Gasteiger partial charge is 0.165 e. The summed E-state index contributed by atoms with van der Waals surface area (Å²) in [5.74, 6) is -0.128. The van der Waals surface area contributed by atoms with Crippen molar-refractivity contribution in [2.24, 2.45) is 0 Å². The lowest BCUT2D eigenvalue weighted by Crippen LogP contribution is -1.98. The zero-order valence-electron chi connectivity index (χ0n) is 9.17. The Hall–Kier alpha value is -1.26. The fourth-order valence-corrected chi connectivity index (χ4v) is 2.43. The van der Waals surface area contributed by atoms with Gasteiger partial charge in [0.2, 0.25) is 0 Å². The van der Waals surface area contributed by atoms with Crippen LogP contribution in [0.2, 0.25) is 4.34 Å². The lowest BCUT2D eigenvalue weighted by Gasteiger charge is -2.07. The summed E-state index contributed by atoms with van der Waals surface area (Å²) < 4.78 is 18.8. The first-order chi connectivity index (χ1) is 8.19. The van der Waals surface area contributed by atoms with Gasteiger partial charge in [0.05, 0.1) is 11.4 Å². The van der Waals surface area contributed by atoms with Crippen LogP contribution >= 0.6 is 22.9 Å². The van der Waals surface area contributed by atoms with Crippen molar-refractivity contribution in [1.82, 2.24) is 0 Å². The zero-order chi connectivity index (χ0) is 12.3. The number of hydrogen-bond donors (Lipinski definition) is 1. The van der Waals surface area contributed by atoms with Crippen molar-refractivity contribution in [3.05, 3.63) is 45.4 Å². The fourth-order valence-electron chi connectivity index (χ4n) is 1.41. The Bertz CT molecular complexity index is 515. The predicted octanol–water partition coefficient (Wildman–Crippen LogP) is 4.16. The topological polar surface area (TPSA) is 21.3 Å². The summed E-state index contributed by atoms with van der Waals surface area (Å²) in [5.41, 5.74) is 0.813. The molecule has 17 heavy (non-hydrogen) atoms. The number of rotatable bonds is 4. The van der Waals surface area contributed by atoms with Crippen LogP contribution in [0.15, 0.2) is 30.3 Å². The van der Waals surface area contributed by atoms with Gasteiger partial charge < -0.3 is 10.1 Å². The van der Waals surface area contributed by atoms with Crippen LogP contribution < -0.4 is 10.1 Å². The predicted molar refractivity (Wildman–Crippen MR) is 69.6 cm³/mol. The molecule has 0 aliphatic rings. The Kier molecular flexibility index (Phi) is 3.86. The van der Waals surface area contributed by atoms with Gasteiger partial charge >= 0.3 is 0 Å². The molecule has 0 amide bonds. The summed E-state index contributed by atoms with van der Waals surface area (Å²) in [6, 6.07) is 8.50. The van der Waals surface area contributed by atoms with E-state index in [0.717, 1.165) is 14.9 Å². The minimum absolute atomic E-state index is 0.235. The number of thiophene rings is 1. The van der Waals surface area contributed by atoms with Crippen LogP contribution in [0, 0.1) is 5.82 Å². The van der Waals surface area contributed by atoms with Crippen molar-refractivity contribution in [2.75, 3.05) is 12.4 Å². The van der Waals surface area contributed by atoms with Crippen molar-refractivity contribution in [1.29, 1.82) is 0 Å². The normalized spacial score (nSPS) is 10.3. The van der Waals surface area contributed by atoms with Crippen molar-refractivity contribution in [3.63, 3.8) is 0 Å². The number of ether oxygens (including phenoxy) is 1. The maximum Gasteiger partial charge on any atom is 0.165 e. The Morgan fingerprint density at radius 3 is 2.82 bits per heavy atom. The molecule has 1 heterocycles. The van der Waals surface area contributed by atoms with Crippen LogP contribution in [0.1, 0.15) is 4.88 Å². The van der Waals surface area contributed by atoms with Gasteiger partial charge in [0.25, 0.3) is 0 Å². The highest BCUT2D eigenvalue weighted by atomic mass is 35.5. The van der Waals surface area contributed by atoms with Crippen LogP contribution in [0.5, 0.6) is 5.75 Å². The van der Waals surface area contributed by atoms with Crippen molar-refractivity contribution in [3.8, 4) is 5.75 Å². The molecule has 1 aromatic heterocycles.